The standard InChI is InChI=1S/C12H17NO4/c1-14-8-6-10(15-2)12-9(13-16-3)4-5-17-11(12)7-8/h6-7,9,13H,4-5H2,1-3H3. The molecule has 0 aliphatic carbocycles. The molecule has 0 fully saturated rings. The van der Waals surface area contributed by atoms with Crippen molar-refractivity contribution in [1.82, 2.24) is 5.48 Å². The zero-order chi connectivity index (χ0) is 12.3. The topological polar surface area (TPSA) is 49.0 Å². The predicted molar refractivity (Wildman–Crippen MR) is 62.5 cm³/mol. The summed E-state index contributed by atoms with van der Waals surface area (Å²) in [5.41, 5.74) is 3.93. The molecule has 0 spiro atoms. The Hall–Kier alpha value is -1.46. The van der Waals surface area contributed by atoms with E-state index >= 15 is 0 Å². The molecule has 1 aromatic rings. The third-order valence-electron chi connectivity index (χ3n) is 2.81. The lowest BCUT2D eigenvalue weighted by Crippen LogP contribution is -2.26. The molecule has 1 N–H and O–H groups in total. The number of benzene rings is 1. The maximum Gasteiger partial charge on any atom is 0.131 e. The van der Waals surface area contributed by atoms with Gasteiger partial charge in [0, 0.05) is 18.6 Å². The molecular weight excluding hydrogens is 222 g/mol. The Balaban J connectivity index is 2.44. The van der Waals surface area contributed by atoms with Gasteiger partial charge in [0.05, 0.1) is 39.5 Å². The van der Waals surface area contributed by atoms with Crippen molar-refractivity contribution in [1.29, 1.82) is 0 Å². The molecule has 0 aromatic heterocycles. The van der Waals surface area contributed by atoms with Crippen LogP contribution in [0, 0.1) is 0 Å². The monoisotopic (exact) mass is 239 g/mol. The third kappa shape index (κ3) is 2.30. The Labute approximate surface area is 101 Å². The van der Waals surface area contributed by atoms with Gasteiger partial charge in [-0.05, 0) is 0 Å². The summed E-state index contributed by atoms with van der Waals surface area (Å²) in [5, 5.41) is 0. The van der Waals surface area contributed by atoms with Crippen LogP contribution in [0.4, 0.5) is 0 Å². The SMILES string of the molecule is CONC1CCOc2cc(OC)cc(OC)c21. The summed E-state index contributed by atoms with van der Waals surface area (Å²) >= 11 is 0. The summed E-state index contributed by atoms with van der Waals surface area (Å²) in [4.78, 5) is 5.00. The van der Waals surface area contributed by atoms with Gasteiger partial charge in [0.2, 0.25) is 0 Å². The van der Waals surface area contributed by atoms with Crippen LogP contribution in [0.15, 0.2) is 12.1 Å². The van der Waals surface area contributed by atoms with E-state index < -0.39 is 0 Å². The Morgan fingerprint density at radius 1 is 1.24 bits per heavy atom. The minimum atomic E-state index is 0.0737. The van der Waals surface area contributed by atoms with Gasteiger partial charge in [-0.15, -0.1) is 0 Å². The van der Waals surface area contributed by atoms with E-state index in [1.165, 1.54) is 0 Å². The molecule has 0 saturated heterocycles. The van der Waals surface area contributed by atoms with Gasteiger partial charge >= 0.3 is 0 Å². The molecule has 1 aromatic carbocycles. The molecule has 0 bridgehead atoms. The molecule has 0 saturated carbocycles. The summed E-state index contributed by atoms with van der Waals surface area (Å²) in [6.07, 6.45) is 0.837. The Bertz CT molecular complexity index is 377. The van der Waals surface area contributed by atoms with Crippen molar-refractivity contribution in [3.8, 4) is 17.2 Å². The maximum atomic E-state index is 5.63. The number of methoxy groups -OCH3 is 2. The minimum Gasteiger partial charge on any atom is -0.496 e. The number of hydroxylamine groups is 1. The lowest BCUT2D eigenvalue weighted by atomic mass is 10.00. The second kappa shape index (κ2) is 5.25. The molecule has 5 heteroatoms. The Kier molecular flexibility index (Phi) is 3.71. The van der Waals surface area contributed by atoms with Crippen LogP contribution in [0.3, 0.4) is 0 Å². The summed E-state index contributed by atoms with van der Waals surface area (Å²) in [6.45, 7) is 0.643. The van der Waals surface area contributed by atoms with E-state index in [0.717, 1.165) is 29.2 Å². The molecular formula is C12H17NO4. The fourth-order valence-corrected chi connectivity index (χ4v) is 2.02. The van der Waals surface area contributed by atoms with Crippen molar-refractivity contribution >= 4 is 0 Å². The van der Waals surface area contributed by atoms with Gasteiger partial charge in [0.25, 0.3) is 0 Å². The Morgan fingerprint density at radius 3 is 2.71 bits per heavy atom. The van der Waals surface area contributed by atoms with Crippen LogP contribution in [0.1, 0.15) is 18.0 Å². The third-order valence-corrected chi connectivity index (χ3v) is 2.81. The zero-order valence-electron chi connectivity index (χ0n) is 10.3. The molecule has 94 valence electrons. The molecule has 0 radical (unpaired) electrons. The van der Waals surface area contributed by atoms with E-state index in [1.54, 1.807) is 21.3 Å². The average molecular weight is 239 g/mol. The smallest absolute Gasteiger partial charge is 0.131 e. The van der Waals surface area contributed by atoms with E-state index in [9.17, 15) is 0 Å². The van der Waals surface area contributed by atoms with Crippen molar-refractivity contribution in [2.24, 2.45) is 0 Å². The fraction of sp³-hybridized carbons (Fsp3) is 0.500. The van der Waals surface area contributed by atoms with Crippen LogP contribution in [-0.2, 0) is 4.84 Å². The van der Waals surface area contributed by atoms with Crippen molar-refractivity contribution in [3.63, 3.8) is 0 Å². The van der Waals surface area contributed by atoms with Crippen LogP contribution in [-0.4, -0.2) is 27.9 Å². The van der Waals surface area contributed by atoms with Gasteiger partial charge < -0.3 is 19.0 Å². The highest BCUT2D eigenvalue weighted by atomic mass is 16.6. The van der Waals surface area contributed by atoms with E-state index in [4.69, 9.17) is 19.0 Å². The van der Waals surface area contributed by atoms with Crippen molar-refractivity contribution in [3.05, 3.63) is 17.7 Å². The Morgan fingerprint density at radius 2 is 2.06 bits per heavy atom. The van der Waals surface area contributed by atoms with E-state index in [-0.39, 0.29) is 6.04 Å². The van der Waals surface area contributed by atoms with Gasteiger partial charge in [0.15, 0.2) is 0 Å². The first-order valence-corrected chi connectivity index (χ1v) is 5.47. The summed E-state index contributed by atoms with van der Waals surface area (Å²) < 4.78 is 16.2. The quantitative estimate of drug-likeness (QED) is 0.810. The van der Waals surface area contributed by atoms with Crippen LogP contribution in [0.5, 0.6) is 17.2 Å². The highest BCUT2D eigenvalue weighted by molar-refractivity contribution is 5.53. The van der Waals surface area contributed by atoms with Crippen molar-refractivity contribution in [2.75, 3.05) is 27.9 Å². The average Bonchev–Trinajstić information content (AvgIpc) is 2.38. The molecule has 5 nitrogen and oxygen atoms in total. The lowest BCUT2D eigenvalue weighted by molar-refractivity contribution is 0.0452. The summed E-state index contributed by atoms with van der Waals surface area (Å²) in [6, 6.07) is 3.78. The number of fused-ring (bicyclic) bond motifs is 1. The normalized spacial score (nSPS) is 18.2. The molecule has 17 heavy (non-hydrogen) atoms. The predicted octanol–water partition coefficient (Wildman–Crippen LogP) is 1.68. The second-order valence-corrected chi connectivity index (χ2v) is 3.75. The first-order valence-electron chi connectivity index (χ1n) is 5.47. The highest BCUT2D eigenvalue weighted by Gasteiger charge is 2.26. The maximum absolute atomic E-state index is 5.63. The summed E-state index contributed by atoms with van der Waals surface area (Å²) in [5.74, 6) is 2.24. The number of ether oxygens (including phenoxy) is 3. The molecule has 1 atom stereocenters. The molecule has 1 unspecified atom stereocenters. The van der Waals surface area contributed by atoms with Crippen LogP contribution in [0.2, 0.25) is 0 Å². The molecule has 1 aliphatic heterocycles. The number of rotatable bonds is 4. The molecule has 1 aliphatic rings. The van der Waals surface area contributed by atoms with Crippen LogP contribution in [0.25, 0.3) is 0 Å². The van der Waals surface area contributed by atoms with Gasteiger partial charge in [-0.25, -0.2) is 0 Å². The van der Waals surface area contributed by atoms with Gasteiger partial charge in [-0.2, -0.15) is 5.48 Å². The van der Waals surface area contributed by atoms with E-state index in [2.05, 4.69) is 5.48 Å². The summed E-state index contributed by atoms with van der Waals surface area (Å²) in [7, 11) is 4.85. The number of nitrogens with one attached hydrogen (secondary N) is 1. The second-order valence-electron chi connectivity index (χ2n) is 3.75. The van der Waals surface area contributed by atoms with E-state index in [0.29, 0.717) is 6.61 Å². The van der Waals surface area contributed by atoms with E-state index in [1.807, 2.05) is 12.1 Å². The van der Waals surface area contributed by atoms with Crippen LogP contribution >= 0.6 is 0 Å². The first-order chi connectivity index (χ1) is 8.30. The van der Waals surface area contributed by atoms with Crippen LogP contribution < -0.4 is 19.7 Å². The highest BCUT2D eigenvalue weighted by Crippen LogP contribution is 2.41. The first kappa shape index (κ1) is 12.0. The largest absolute Gasteiger partial charge is 0.496 e. The fourth-order valence-electron chi connectivity index (χ4n) is 2.02. The number of hydrogen-bond acceptors (Lipinski definition) is 5. The molecule has 0 amide bonds. The van der Waals surface area contributed by atoms with Gasteiger partial charge in [-0.1, -0.05) is 0 Å². The van der Waals surface area contributed by atoms with Crippen molar-refractivity contribution in [2.45, 2.75) is 12.5 Å². The molecule has 1 heterocycles. The molecule has 2 rings (SSSR count). The lowest BCUT2D eigenvalue weighted by Gasteiger charge is -2.27. The van der Waals surface area contributed by atoms with Gasteiger partial charge in [-0.3, -0.25) is 0 Å². The number of hydrogen-bond donors (Lipinski definition) is 1. The van der Waals surface area contributed by atoms with Gasteiger partial charge in [0.1, 0.15) is 17.2 Å². The minimum absolute atomic E-state index is 0.0737. The zero-order valence-corrected chi connectivity index (χ0v) is 10.3. The van der Waals surface area contributed by atoms with Crippen molar-refractivity contribution < 1.29 is 19.0 Å².